The number of aromatic hydroxyl groups is 1. The van der Waals surface area contributed by atoms with E-state index >= 15 is 0 Å². The quantitative estimate of drug-likeness (QED) is 0.257. The average molecular weight is 507 g/mol. The largest absolute Gasteiger partial charge is 0.508 e. The molecule has 1 heterocycles. The predicted octanol–water partition coefficient (Wildman–Crippen LogP) is 1.99. The topological polar surface area (TPSA) is 155 Å². The zero-order valence-corrected chi connectivity index (χ0v) is 21.0. The molecule has 0 aliphatic carbocycles. The number of esters is 1. The number of nitrogens with one attached hydrogen (secondary N) is 4. The molecular formula is C23H30N4O7S. The average Bonchev–Trinajstić information content (AvgIpc) is 3.19. The van der Waals surface area contributed by atoms with E-state index in [1.165, 1.54) is 12.1 Å². The van der Waals surface area contributed by atoms with Gasteiger partial charge in [0.25, 0.3) is 11.8 Å². The van der Waals surface area contributed by atoms with Crippen molar-refractivity contribution in [3.8, 4) is 5.75 Å². The highest BCUT2D eigenvalue weighted by molar-refractivity contribution is 7.16. The number of benzene rings is 1. The molecule has 0 fully saturated rings. The van der Waals surface area contributed by atoms with Crippen molar-refractivity contribution in [2.24, 2.45) is 0 Å². The van der Waals surface area contributed by atoms with E-state index in [1.807, 2.05) is 0 Å². The first-order valence-corrected chi connectivity index (χ1v) is 11.5. The standard InChI is InChI=1S/C23H30N4O7S/c1-13-9-17(19(29)24-11-14-7-6-8-15(28)10-14)35-18(13)20(30)26-16(21(31)33-5)12-25-22(32)27-34-23(2,3)4/h6-10,16,28H,11-12H2,1-5H3,(H,24,29)(H,26,30)(H2,25,27,32). The Hall–Kier alpha value is -3.64. The summed E-state index contributed by atoms with van der Waals surface area (Å²) in [4.78, 5) is 55.1. The molecule has 1 aromatic heterocycles. The second-order valence-electron chi connectivity index (χ2n) is 8.55. The third kappa shape index (κ3) is 8.91. The molecule has 1 atom stereocenters. The highest BCUT2D eigenvalue weighted by Gasteiger charge is 2.26. The Balaban J connectivity index is 2.00. The number of carbonyl (C=O) groups is 4. The lowest BCUT2D eigenvalue weighted by Crippen LogP contribution is -2.51. The second-order valence-corrected chi connectivity index (χ2v) is 9.60. The lowest BCUT2D eigenvalue weighted by Gasteiger charge is -2.20. The van der Waals surface area contributed by atoms with E-state index in [0.717, 1.165) is 24.0 Å². The number of phenolic OH excluding ortho intramolecular Hbond substituents is 1. The van der Waals surface area contributed by atoms with Gasteiger partial charge in [0.2, 0.25) is 0 Å². The Morgan fingerprint density at radius 1 is 1.09 bits per heavy atom. The third-order valence-corrected chi connectivity index (χ3v) is 5.65. The van der Waals surface area contributed by atoms with E-state index in [4.69, 9.17) is 9.57 Å². The van der Waals surface area contributed by atoms with Gasteiger partial charge in [-0.1, -0.05) is 12.1 Å². The molecule has 0 saturated heterocycles. The van der Waals surface area contributed by atoms with Crippen LogP contribution in [0.1, 0.15) is 51.2 Å². The summed E-state index contributed by atoms with van der Waals surface area (Å²) in [6, 6.07) is 6.20. The number of aryl methyl sites for hydroxylation is 1. The van der Waals surface area contributed by atoms with E-state index in [2.05, 4.69) is 21.4 Å². The van der Waals surface area contributed by atoms with E-state index in [1.54, 1.807) is 45.9 Å². The van der Waals surface area contributed by atoms with Crippen LogP contribution in [0, 0.1) is 6.92 Å². The summed E-state index contributed by atoms with van der Waals surface area (Å²) in [5.74, 6) is -1.64. The minimum Gasteiger partial charge on any atom is -0.508 e. The molecular weight excluding hydrogens is 476 g/mol. The molecule has 0 aliphatic rings. The van der Waals surface area contributed by atoms with Crippen LogP contribution in [0.2, 0.25) is 0 Å². The summed E-state index contributed by atoms with van der Waals surface area (Å²) >= 11 is 0.965. The van der Waals surface area contributed by atoms with Crippen LogP contribution in [0.15, 0.2) is 30.3 Å². The number of amides is 4. The van der Waals surface area contributed by atoms with Crippen LogP contribution in [0.3, 0.4) is 0 Å². The second kappa shape index (κ2) is 12.2. The number of ether oxygens (including phenoxy) is 1. The van der Waals surface area contributed by atoms with Crippen molar-refractivity contribution < 1.29 is 33.9 Å². The van der Waals surface area contributed by atoms with E-state index in [0.29, 0.717) is 10.4 Å². The molecule has 2 aromatic rings. The fourth-order valence-electron chi connectivity index (χ4n) is 2.74. The van der Waals surface area contributed by atoms with Gasteiger partial charge < -0.3 is 25.8 Å². The molecule has 1 unspecified atom stereocenters. The van der Waals surface area contributed by atoms with Gasteiger partial charge in [-0.2, -0.15) is 0 Å². The lowest BCUT2D eigenvalue weighted by atomic mass is 10.2. The van der Waals surface area contributed by atoms with Crippen molar-refractivity contribution in [2.45, 2.75) is 45.9 Å². The summed E-state index contributed by atoms with van der Waals surface area (Å²) < 4.78 is 4.72. The maximum atomic E-state index is 12.8. The molecule has 0 aliphatic heterocycles. The molecule has 0 bridgehead atoms. The Morgan fingerprint density at radius 3 is 2.43 bits per heavy atom. The Labute approximate surface area is 207 Å². The number of phenols is 1. The minimum atomic E-state index is -1.17. The SMILES string of the molecule is COC(=O)C(CNC(=O)NOC(C)(C)C)NC(=O)c1sc(C(=O)NCc2cccc(O)c2)cc1C. The maximum Gasteiger partial charge on any atom is 0.338 e. The lowest BCUT2D eigenvalue weighted by molar-refractivity contribution is -0.142. The smallest absolute Gasteiger partial charge is 0.338 e. The number of hydrogen-bond donors (Lipinski definition) is 5. The molecule has 190 valence electrons. The molecule has 5 N–H and O–H groups in total. The molecule has 2 rings (SSSR count). The van der Waals surface area contributed by atoms with Crippen LogP contribution < -0.4 is 21.4 Å². The van der Waals surface area contributed by atoms with E-state index < -0.39 is 29.6 Å². The fraction of sp³-hybridized carbons (Fsp3) is 0.391. The number of urea groups is 1. The number of rotatable bonds is 9. The highest BCUT2D eigenvalue weighted by atomic mass is 32.1. The normalized spacial score (nSPS) is 11.8. The summed E-state index contributed by atoms with van der Waals surface area (Å²) in [6.45, 7) is 6.85. The van der Waals surface area contributed by atoms with Crippen molar-refractivity contribution >= 4 is 35.2 Å². The number of hydrogen-bond acceptors (Lipinski definition) is 8. The van der Waals surface area contributed by atoms with Gasteiger partial charge >= 0.3 is 12.0 Å². The van der Waals surface area contributed by atoms with Gasteiger partial charge in [-0.3, -0.25) is 14.4 Å². The first kappa shape index (κ1) is 27.6. The van der Waals surface area contributed by atoms with Gasteiger partial charge in [0.15, 0.2) is 0 Å². The van der Waals surface area contributed by atoms with Crippen LogP contribution in [0.4, 0.5) is 4.79 Å². The molecule has 0 spiro atoms. The summed E-state index contributed by atoms with van der Waals surface area (Å²) in [6.07, 6.45) is 0. The van der Waals surface area contributed by atoms with E-state index in [9.17, 15) is 24.3 Å². The van der Waals surface area contributed by atoms with Gasteiger partial charge in [0.05, 0.1) is 29.0 Å². The van der Waals surface area contributed by atoms with Crippen molar-refractivity contribution in [1.29, 1.82) is 0 Å². The number of carbonyl (C=O) groups excluding carboxylic acids is 4. The predicted molar refractivity (Wildman–Crippen MR) is 129 cm³/mol. The van der Waals surface area contributed by atoms with Gasteiger partial charge in [0.1, 0.15) is 11.8 Å². The molecule has 12 heteroatoms. The van der Waals surface area contributed by atoms with Crippen LogP contribution >= 0.6 is 11.3 Å². The van der Waals surface area contributed by atoms with Gasteiger partial charge in [0, 0.05) is 6.54 Å². The van der Waals surface area contributed by atoms with Crippen molar-refractivity contribution in [2.75, 3.05) is 13.7 Å². The van der Waals surface area contributed by atoms with Crippen molar-refractivity contribution in [1.82, 2.24) is 21.4 Å². The number of methoxy groups -OCH3 is 1. The highest BCUT2D eigenvalue weighted by Crippen LogP contribution is 2.22. The first-order valence-electron chi connectivity index (χ1n) is 10.7. The van der Waals surface area contributed by atoms with Crippen molar-refractivity contribution in [3.05, 3.63) is 51.2 Å². The van der Waals surface area contributed by atoms with Crippen LogP contribution in [-0.4, -0.2) is 54.2 Å². The maximum absolute atomic E-state index is 12.8. The van der Waals surface area contributed by atoms with E-state index in [-0.39, 0.29) is 29.6 Å². The summed E-state index contributed by atoms with van der Waals surface area (Å²) in [5.41, 5.74) is 2.85. The molecule has 11 nitrogen and oxygen atoms in total. The molecule has 35 heavy (non-hydrogen) atoms. The minimum absolute atomic E-state index is 0.0940. The molecule has 0 saturated carbocycles. The summed E-state index contributed by atoms with van der Waals surface area (Å²) in [5, 5.41) is 17.2. The van der Waals surface area contributed by atoms with Crippen LogP contribution in [0.5, 0.6) is 5.75 Å². The Kier molecular flexibility index (Phi) is 9.60. The van der Waals surface area contributed by atoms with Crippen molar-refractivity contribution in [3.63, 3.8) is 0 Å². The first-order chi connectivity index (χ1) is 16.4. The van der Waals surface area contributed by atoms with Crippen LogP contribution in [-0.2, 0) is 20.9 Å². The third-order valence-electron chi connectivity index (χ3n) is 4.42. The van der Waals surface area contributed by atoms with Gasteiger partial charge in [-0.05, 0) is 57.0 Å². The molecule has 4 amide bonds. The molecule has 0 radical (unpaired) electrons. The fourth-order valence-corrected chi connectivity index (χ4v) is 3.74. The van der Waals surface area contributed by atoms with Gasteiger partial charge in [-0.15, -0.1) is 11.3 Å². The zero-order chi connectivity index (χ0) is 26.2. The Bertz CT molecular complexity index is 1080. The zero-order valence-electron chi connectivity index (χ0n) is 20.2. The van der Waals surface area contributed by atoms with Crippen LogP contribution in [0.25, 0.3) is 0 Å². The number of thiophene rings is 1. The van der Waals surface area contributed by atoms with Gasteiger partial charge in [-0.25, -0.2) is 15.1 Å². The monoisotopic (exact) mass is 506 g/mol. The Morgan fingerprint density at radius 2 is 1.80 bits per heavy atom. The number of hydroxylamine groups is 1. The molecule has 1 aromatic carbocycles. The summed E-state index contributed by atoms with van der Waals surface area (Å²) in [7, 11) is 1.16.